The Labute approximate surface area is 127 Å². The lowest BCUT2D eigenvalue weighted by atomic mass is 10.1. The Hall–Kier alpha value is -2.57. The second-order valence-corrected chi connectivity index (χ2v) is 4.97. The lowest BCUT2D eigenvalue weighted by Gasteiger charge is -2.11. The molecule has 0 fully saturated rings. The second-order valence-electron chi connectivity index (χ2n) is 4.97. The van der Waals surface area contributed by atoms with Crippen LogP contribution in [0.25, 0.3) is 0 Å². The first-order valence-corrected chi connectivity index (χ1v) is 6.83. The highest BCUT2D eigenvalue weighted by Gasteiger charge is 2.12. The van der Waals surface area contributed by atoms with Crippen LogP contribution >= 0.6 is 0 Å². The van der Waals surface area contributed by atoms with Gasteiger partial charge in [0.15, 0.2) is 17.4 Å². The number of halogens is 1. The van der Waals surface area contributed by atoms with Crippen molar-refractivity contribution in [3.63, 3.8) is 0 Å². The molecule has 6 nitrogen and oxygen atoms in total. The van der Waals surface area contributed by atoms with Crippen molar-refractivity contribution in [2.45, 2.75) is 26.7 Å². The molecule has 1 aromatic carbocycles. The maximum Gasteiger partial charge on any atom is 0.170 e. The Kier molecular flexibility index (Phi) is 4.98. The van der Waals surface area contributed by atoms with Crippen LogP contribution in [0.5, 0.6) is 5.75 Å². The maximum atomic E-state index is 14.0. The number of nitrogens with two attached hydrogens (primary N) is 1. The topological polar surface area (TPSA) is 93.9 Å². The molecule has 0 aliphatic heterocycles. The highest BCUT2D eigenvalue weighted by atomic mass is 19.1. The summed E-state index contributed by atoms with van der Waals surface area (Å²) in [6.07, 6.45) is 3.06. The van der Waals surface area contributed by atoms with Gasteiger partial charge in [-0.15, -0.1) is 0 Å². The minimum atomic E-state index is -0.539. The van der Waals surface area contributed by atoms with Crippen molar-refractivity contribution in [2.75, 3.05) is 6.61 Å². The van der Waals surface area contributed by atoms with Gasteiger partial charge >= 0.3 is 0 Å². The molecular formula is C15H18FN3O3. The van der Waals surface area contributed by atoms with E-state index in [0.29, 0.717) is 24.2 Å². The van der Waals surface area contributed by atoms with Crippen LogP contribution in [0.1, 0.15) is 28.8 Å². The third-order valence-electron chi connectivity index (χ3n) is 3.32. The van der Waals surface area contributed by atoms with E-state index in [1.807, 2.05) is 6.92 Å². The van der Waals surface area contributed by atoms with Gasteiger partial charge in [-0.05, 0) is 44.4 Å². The van der Waals surface area contributed by atoms with Crippen molar-refractivity contribution in [3.05, 3.63) is 46.6 Å². The smallest absolute Gasteiger partial charge is 0.170 e. The quantitative estimate of drug-likeness (QED) is 0.281. The van der Waals surface area contributed by atoms with Gasteiger partial charge in [0, 0.05) is 11.1 Å². The highest BCUT2D eigenvalue weighted by Crippen LogP contribution is 2.24. The molecule has 22 heavy (non-hydrogen) atoms. The van der Waals surface area contributed by atoms with Crippen LogP contribution < -0.4 is 10.5 Å². The van der Waals surface area contributed by atoms with Gasteiger partial charge in [-0.3, -0.25) is 0 Å². The van der Waals surface area contributed by atoms with E-state index in [0.717, 1.165) is 17.7 Å². The van der Waals surface area contributed by atoms with Crippen molar-refractivity contribution in [1.82, 2.24) is 5.16 Å². The van der Waals surface area contributed by atoms with E-state index >= 15 is 0 Å². The first-order chi connectivity index (χ1) is 10.5. The Balaban J connectivity index is 1.97. The number of rotatable bonds is 6. The molecule has 118 valence electrons. The molecule has 0 saturated carbocycles. The third kappa shape index (κ3) is 3.55. The first kappa shape index (κ1) is 15.8. The monoisotopic (exact) mass is 307 g/mol. The number of nitrogens with zero attached hydrogens (tertiary/aromatic N) is 2. The van der Waals surface area contributed by atoms with Gasteiger partial charge in [0.05, 0.1) is 12.3 Å². The second kappa shape index (κ2) is 6.93. The average Bonchev–Trinajstić information content (AvgIpc) is 2.90. The average molecular weight is 307 g/mol. The summed E-state index contributed by atoms with van der Waals surface area (Å²) in [7, 11) is 0. The molecule has 0 atom stereocenters. The molecule has 0 bridgehead atoms. The summed E-state index contributed by atoms with van der Waals surface area (Å²) in [5, 5.41) is 15.3. The number of aryl methyl sites for hydroxylation is 3. The largest absolute Gasteiger partial charge is 0.490 e. The van der Waals surface area contributed by atoms with Gasteiger partial charge in [0.25, 0.3) is 0 Å². The van der Waals surface area contributed by atoms with Crippen molar-refractivity contribution < 1.29 is 18.9 Å². The summed E-state index contributed by atoms with van der Waals surface area (Å²) in [5.41, 5.74) is 8.21. The van der Waals surface area contributed by atoms with Crippen molar-refractivity contribution in [3.8, 4) is 5.75 Å². The number of benzene rings is 1. The maximum absolute atomic E-state index is 14.0. The summed E-state index contributed by atoms with van der Waals surface area (Å²) in [6, 6.07) is 2.79. The summed E-state index contributed by atoms with van der Waals surface area (Å²) < 4.78 is 24.4. The number of hydrogen-bond donors (Lipinski definition) is 2. The number of ether oxygens (including phenoxy) is 1. The molecule has 1 heterocycles. The van der Waals surface area contributed by atoms with E-state index in [1.54, 1.807) is 19.3 Å². The van der Waals surface area contributed by atoms with E-state index in [2.05, 4.69) is 10.3 Å². The Morgan fingerprint density at radius 2 is 2.23 bits per heavy atom. The van der Waals surface area contributed by atoms with Gasteiger partial charge in [0.2, 0.25) is 0 Å². The van der Waals surface area contributed by atoms with Crippen LogP contribution in [0.15, 0.2) is 28.1 Å². The van der Waals surface area contributed by atoms with Gasteiger partial charge in [0.1, 0.15) is 6.26 Å². The van der Waals surface area contributed by atoms with Gasteiger partial charge in [-0.25, -0.2) is 4.39 Å². The fourth-order valence-electron chi connectivity index (χ4n) is 2.11. The molecule has 2 aromatic rings. The minimum Gasteiger partial charge on any atom is -0.490 e. The van der Waals surface area contributed by atoms with Crippen LogP contribution in [0.4, 0.5) is 4.39 Å². The van der Waals surface area contributed by atoms with Crippen molar-refractivity contribution in [2.24, 2.45) is 10.9 Å². The molecule has 2 rings (SSSR count). The van der Waals surface area contributed by atoms with Crippen molar-refractivity contribution >= 4 is 5.84 Å². The van der Waals surface area contributed by atoms with Crippen LogP contribution in [-0.2, 0) is 6.42 Å². The predicted octanol–water partition coefficient (Wildman–Crippen LogP) is 2.54. The van der Waals surface area contributed by atoms with Gasteiger partial charge < -0.3 is 20.2 Å². The number of amidine groups is 1. The Bertz CT molecular complexity index is 659. The van der Waals surface area contributed by atoms with E-state index in [1.165, 1.54) is 6.07 Å². The van der Waals surface area contributed by atoms with Crippen molar-refractivity contribution in [1.29, 1.82) is 0 Å². The van der Waals surface area contributed by atoms with Crippen LogP contribution in [0.2, 0.25) is 0 Å². The molecule has 0 radical (unpaired) electrons. The first-order valence-electron chi connectivity index (χ1n) is 6.83. The van der Waals surface area contributed by atoms with Crippen LogP contribution in [0, 0.1) is 19.7 Å². The van der Waals surface area contributed by atoms with E-state index in [-0.39, 0.29) is 11.6 Å². The molecule has 7 heteroatoms. The summed E-state index contributed by atoms with van der Waals surface area (Å²) in [4.78, 5) is 0. The molecule has 0 aliphatic carbocycles. The molecule has 3 N–H and O–H groups in total. The highest BCUT2D eigenvalue weighted by molar-refractivity contribution is 5.97. The molecule has 0 amide bonds. The zero-order valence-electron chi connectivity index (χ0n) is 12.5. The lowest BCUT2D eigenvalue weighted by Crippen LogP contribution is -2.14. The number of oxime groups is 1. The SMILES string of the molecule is Cc1cc(C(N)=NO)cc(F)c1OCCCc1conc1C. The van der Waals surface area contributed by atoms with Gasteiger partial charge in [-0.2, -0.15) is 0 Å². The molecule has 1 aromatic heterocycles. The van der Waals surface area contributed by atoms with E-state index in [4.69, 9.17) is 20.2 Å². The zero-order valence-corrected chi connectivity index (χ0v) is 12.5. The standard InChI is InChI=1S/C15H18FN3O3/c1-9-6-12(15(17)18-20)7-13(16)14(9)21-5-3-4-11-8-22-19-10(11)2/h6-8,20H,3-5H2,1-2H3,(H2,17,18). The fourth-order valence-corrected chi connectivity index (χ4v) is 2.11. The summed E-state index contributed by atoms with van der Waals surface area (Å²) in [6.45, 7) is 3.94. The predicted molar refractivity (Wildman–Crippen MR) is 78.7 cm³/mol. The fraction of sp³-hybridized carbons (Fsp3) is 0.333. The zero-order chi connectivity index (χ0) is 16.1. The molecular weight excluding hydrogens is 289 g/mol. The Morgan fingerprint density at radius 3 is 2.82 bits per heavy atom. The third-order valence-corrected chi connectivity index (χ3v) is 3.32. The van der Waals surface area contributed by atoms with E-state index in [9.17, 15) is 4.39 Å². The summed E-state index contributed by atoms with van der Waals surface area (Å²) in [5.74, 6) is -0.504. The van der Waals surface area contributed by atoms with Gasteiger partial charge in [-0.1, -0.05) is 10.3 Å². The van der Waals surface area contributed by atoms with Crippen LogP contribution in [-0.4, -0.2) is 22.8 Å². The molecule has 0 spiro atoms. The van der Waals surface area contributed by atoms with Crippen LogP contribution in [0.3, 0.4) is 0 Å². The lowest BCUT2D eigenvalue weighted by molar-refractivity contribution is 0.293. The number of hydrogen-bond acceptors (Lipinski definition) is 5. The normalized spacial score (nSPS) is 11.7. The Morgan fingerprint density at radius 1 is 1.45 bits per heavy atom. The molecule has 0 unspecified atom stereocenters. The number of aromatic nitrogens is 1. The minimum absolute atomic E-state index is 0.142. The molecule has 0 saturated heterocycles. The summed E-state index contributed by atoms with van der Waals surface area (Å²) >= 11 is 0. The molecule has 0 aliphatic rings. The van der Waals surface area contributed by atoms with E-state index < -0.39 is 5.82 Å².